The van der Waals surface area contributed by atoms with Crippen LogP contribution in [0.2, 0.25) is 5.02 Å². The minimum absolute atomic E-state index is 0.414. The normalized spacial score (nSPS) is 11.7. The maximum Gasteiger partial charge on any atom is 0.350 e. The second-order valence-corrected chi connectivity index (χ2v) is 8.09. The van der Waals surface area contributed by atoms with E-state index in [9.17, 15) is 4.79 Å². The van der Waals surface area contributed by atoms with Crippen molar-refractivity contribution in [2.24, 2.45) is 5.10 Å². The van der Waals surface area contributed by atoms with Crippen LogP contribution in [-0.4, -0.2) is 18.1 Å². The molecule has 152 valence electrons. The molecule has 0 aliphatic heterocycles. The standard InChI is InChI=1S/C22H18ClN3O3S/c1-12-4-9-18-16(10-12)17(11-19(29-18)14-5-7-15(23)8-6-14)25-26-22-24-13(2)20(30-22)21(27)28-3/h4-11H,1-3H3,(H,24,26). The number of carbonyl (C=O) groups is 1. The number of esters is 1. The fraction of sp³-hybridized carbons (Fsp3) is 0.136. The molecule has 1 N–H and O–H groups in total. The number of methoxy groups -OCH3 is 1. The predicted molar refractivity (Wildman–Crippen MR) is 119 cm³/mol. The molecule has 0 unspecified atom stereocenters. The molecule has 2 heterocycles. The van der Waals surface area contributed by atoms with Crippen molar-refractivity contribution in [2.45, 2.75) is 13.8 Å². The molecular formula is C22H18ClN3O3S. The number of fused-ring (bicyclic) bond motifs is 1. The van der Waals surface area contributed by atoms with Crippen molar-refractivity contribution in [2.75, 3.05) is 12.5 Å². The van der Waals surface area contributed by atoms with Crippen LogP contribution in [0, 0.1) is 13.8 Å². The average Bonchev–Trinajstić information content (AvgIpc) is 3.12. The number of benzene rings is 2. The van der Waals surface area contributed by atoms with Gasteiger partial charge < -0.3 is 9.15 Å². The van der Waals surface area contributed by atoms with Crippen LogP contribution in [0.25, 0.3) is 22.3 Å². The fourth-order valence-corrected chi connectivity index (χ4v) is 3.92. The van der Waals surface area contributed by atoms with E-state index in [-0.39, 0.29) is 0 Å². The molecule has 2 aromatic heterocycles. The van der Waals surface area contributed by atoms with E-state index in [1.165, 1.54) is 18.4 Å². The molecule has 6 nitrogen and oxygen atoms in total. The summed E-state index contributed by atoms with van der Waals surface area (Å²) < 4.78 is 10.9. The Kier molecular flexibility index (Phi) is 5.57. The van der Waals surface area contributed by atoms with E-state index in [1.807, 2.05) is 55.5 Å². The summed E-state index contributed by atoms with van der Waals surface area (Å²) in [7, 11) is 1.35. The number of nitrogens with zero attached hydrogens (tertiary/aromatic N) is 2. The lowest BCUT2D eigenvalue weighted by Crippen LogP contribution is -2.07. The van der Waals surface area contributed by atoms with Crippen molar-refractivity contribution in [3.63, 3.8) is 0 Å². The van der Waals surface area contributed by atoms with Crippen LogP contribution < -0.4 is 10.8 Å². The van der Waals surface area contributed by atoms with E-state index in [0.717, 1.165) is 16.5 Å². The van der Waals surface area contributed by atoms with Crippen LogP contribution in [0.3, 0.4) is 0 Å². The Balaban J connectivity index is 1.81. The third kappa shape index (κ3) is 4.08. The summed E-state index contributed by atoms with van der Waals surface area (Å²) in [6.07, 6.45) is 0. The first-order chi connectivity index (χ1) is 14.4. The van der Waals surface area contributed by atoms with Gasteiger partial charge >= 0.3 is 5.97 Å². The number of rotatable bonds is 4. The first kappa shape index (κ1) is 20.1. The lowest BCUT2D eigenvalue weighted by Gasteiger charge is -2.06. The number of nitrogens with one attached hydrogen (secondary N) is 1. The van der Waals surface area contributed by atoms with Gasteiger partial charge in [-0.2, -0.15) is 5.10 Å². The monoisotopic (exact) mass is 439 g/mol. The molecule has 0 radical (unpaired) electrons. The van der Waals surface area contributed by atoms with Gasteiger partial charge in [-0.25, -0.2) is 9.78 Å². The second-order valence-electron chi connectivity index (χ2n) is 6.65. The van der Waals surface area contributed by atoms with Crippen molar-refractivity contribution in [1.82, 2.24) is 4.98 Å². The molecule has 0 saturated heterocycles. The minimum atomic E-state index is -0.414. The van der Waals surface area contributed by atoms with Crippen molar-refractivity contribution in [3.8, 4) is 11.3 Å². The highest BCUT2D eigenvalue weighted by Gasteiger charge is 2.15. The highest BCUT2D eigenvalue weighted by molar-refractivity contribution is 7.17. The number of aromatic nitrogens is 1. The number of carbonyl (C=O) groups excluding carboxylic acids is 1. The lowest BCUT2D eigenvalue weighted by molar-refractivity contribution is 0.0605. The molecule has 2 aromatic carbocycles. The van der Waals surface area contributed by atoms with E-state index in [0.29, 0.717) is 37.4 Å². The maximum atomic E-state index is 11.8. The van der Waals surface area contributed by atoms with Crippen LogP contribution in [0.5, 0.6) is 0 Å². The van der Waals surface area contributed by atoms with Crippen molar-refractivity contribution < 1.29 is 13.9 Å². The van der Waals surface area contributed by atoms with E-state index < -0.39 is 5.97 Å². The van der Waals surface area contributed by atoms with E-state index in [2.05, 4.69) is 15.5 Å². The third-order valence-corrected chi connectivity index (χ3v) is 5.76. The summed E-state index contributed by atoms with van der Waals surface area (Å²) in [5, 5.41) is 7.26. The highest BCUT2D eigenvalue weighted by Crippen LogP contribution is 2.25. The smallest absolute Gasteiger partial charge is 0.350 e. The van der Waals surface area contributed by atoms with Gasteiger partial charge in [-0.1, -0.05) is 34.6 Å². The van der Waals surface area contributed by atoms with Crippen LogP contribution in [0.15, 0.2) is 58.0 Å². The van der Waals surface area contributed by atoms with Crippen molar-refractivity contribution in [1.29, 1.82) is 0 Å². The quantitative estimate of drug-likeness (QED) is 0.333. The zero-order valence-electron chi connectivity index (χ0n) is 16.5. The molecule has 0 bridgehead atoms. The molecule has 0 fully saturated rings. The largest absolute Gasteiger partial charge is 0.465 e. The Hall–Kier alpha value is -3.16. The van der Waals surface area contributed by atoms with E-state index in [4.69, 9.17) is 20.8 Å². The lowest BCUT2D eigenvalue weighted by atomic mass is 10.1. The molecule has 0 aliphatic carbocycles. The number of hydrogen-bond donors (Lipinski definition) is 1. The number of halogens is 1. The molecule has 0 amide bonds. The zero-order chi connectivity index (χ0) is 21.3. The first-order valence-corrected chi connectivity index (χ1v) is 10.3. The summed E-state index contributed by atoms with van der Waals surface area (Å²) in [6, 6.07) is 15.2. The van der Waals surface area contributed by atoms with E-state index >= 15 is 0 Å². The fourth-order valence-electron chi connectivity index (χ4n) is 2.97. The van der Waals surface area contributed by atoms with Gasteiger partial charge in [0.25, 0.3) is 0 Å². The molecule has 0 aliphatic rings. The Morgan fingerprint density at radius 1 is 1.17 bits per heavy atom. The van der Waals surface area contributed by atoms with Gasteiger partial charge in [-0.3, -0.25) is 5.43 Å². The van der Waals surface area contributed by atoms with Gasteiger partial charge in [0.2, 0.25) is 5.13 Å². The third-order valence-electron chi connectivity index (χ3n) is 4.47. The Morgan fingerprint density at radius 3 is 2.67 bits per heavy atom. The molecular weight excluding hydrogens is 422 g/mol. The number of anilines is 1. The van der Waals surface area contributed by atoms with Gasteiger partial charge in [0.1, 0.15) is 16.2 Å². The van der Waals surface area contributed by atoms with E-state index in [1.54, 1.807) is 6.92 Å². The Labute approximate surface area is 181 Å². The first-order valence-electron chi connectivity index (χ1n) is 9.10. The summed E-state index contributed by atoms with van der Waals surface area (Å²) in [4.78, 5) is 16.6. The molecule has 0 atom stereocenters. The molecule has 4 rings (SSSR count). The average molecular weight is 440 g/mol. The summed E-state index contributed by atoms with van der Waals surface area (Å²) in [5.41, 5.74) is 6.24. The SMILES string of the molecule is COC(=O)c1sc(NN=c2cc(-c3ccc(Cl)cc3)oc3ccc(C)cc23)nc1C. The Morgan fingerprint density at radius 2 is 1.93 bits per heavy atom. The highest BCUT2D eigenvalue weighted by atomic mass is 35.5. The van der Waals surface area contributed by atoms with Gasteiger partial charge in [0, 0.05) is 22.0 Å². The predicted octanol–water partition coefficient (Wildman–Crippen LogP) is 5.54. The summed E-state index contributed by atoms with van der Waals surface area (Å²) in [6.45, 7) is 3.77. The van der Waals surface area contributed by atoms with Crippen molar-refractivity contribution >= 4 is 45.0 Å². The number of aryl methyl sites for hydroxylation is 2. The number of hydrogen-bond acceptors (Lipinski definition) is 7. The second kappa shape index (κ2) is 8.30. The maximum absolute atomic E-state index is 11.8. The van der Waals surface area contributed by atoms with Gasteiger partial charge in [0.15, 0.2) is 0 Å². The van der Waals surface area contributed by atoms with Gasteiger partial charge in [-0.15, -0.1) is 0 Å². The van der Waals surface area contributed by atoms with Crippen LogP contribution >= 0.6 is 22.9 Å². The minimum Gasteiger partial charge on any atom is -0.465 e. The van der Waals surface area contributed by atoms with Gasteiger partial charge in [-0.05, 0) is 50.2 Å². The Bertz CT molecular complexity index is 1310. The van der Waals surface area contributed by atoms with Crippen LogP contribution in [0.4, 0.5) is 5.13 Å². The topological polar surface area (TPSA) is 76.7 Å². The summed E-state index contributed by atoms with van der Waals surface area (Å²) >= 11 is 7.20. The van der Waals surface area contributed by atoms with Crippen LogP contribution in [0.1, 0.15) is 20.9 Å². The van der Waals surface area contributed by atoms with Crippen molar-refractivity contribution in [3.05, 3.63) is 75.0 Å². The van der Waals surface area contributed by atoms with Crippen LogP contribution in [-0.2, 0) is 4.74 Å². The summed E-state index contributed by atoms with van der Waals surface area (Å²) in [5.74, 6) is 0.247. The zero-order valence-corrected chi connectivity index (χ0v) is 18.1. The number of ether oxygens (including phenoxy) is 1. The molecule has 30 heavy (non-hydrogen) atoms. The molecule has 8 heteroatoms. The molecule has 4 aromatic rings. The molecule has 0 saturated carbocycles. The van der Waals surface area contributed by atoms with Gasteiger partial charge in [0.05, 0.1) is 18.2 Å². The number of thiazole rings is 1. The molecule has 0 spiro atoms.